The second-order valence-electron chi connectivity index (χ2n) is 3.26. The van der Waals surface area contributed by atoms with Gasteiger partial charge in [0.1, 0.15) is 5.01 Å². The summed E-state index contributed by atoms with van der Waals surface area (Å²) in [7, 11) is 0. The van der Waals surface area contributed by atoms with Gasteiger partial charge in [0.05, 0.1) is 5.69 Å². The van der Waals surface area contributed by atoms with Crippen LogP contribution in [0.4, 0.5) is 0 Å². The highest BCUT2D eigenvalue weighted by Crippen LogP contribution is 2.23. The van der Waals surface area contributed by atoms with Crippen LogP contribution < -0.4 is 0 Å². The molecule has 2 aromatic rings. The zero-order valence-corrected chi connectivity index (χ0v) is 9.05. The Morgan fingerprint density at radius 2 is 2.00 bits per heavy atom. The van der Waals surface area contributed by atoms with Gasteiger partial charge in [0.2, 0.25) is 0 Å². The summed E-state index contributed by atoms with van der Waals surface area (Å²) in [5.74, 6) is 0. The van der Waals surface area contributed by atoms with Crippen molar-refractivity contribution in [1.29, 1.82) is 0 Å². The lowest BCUT2D eigenvalue weighted by Gasteiger charge is -1.93. The van der Waals surface area contributed by atoms with Gasteiger partial charge in [0.25, 0.3) is 0 Å². The quantitative estimate of drug-likeness (QED) is 0.740. The molecule has 1 heterocycles. The van der Waals surface area contributed by atoms with Crippen molar-refractivity contribution in [2.24, 2.45) is 0 Å². The van der Waals surface area contributed by atoms with Gasteiger partial charge >= 0.3 is 0 Å². The molecule has 2 rings (SSSR count). The second kappa shape index (κ2) is 4.38. The Balaban J connectivity index is 2.25. The van der Waals surface area contributed by atoms with Gasteiger partial charge in [-0.2, -0.15) is 0 Å². The van der Waals surface area contributed by atoms with E-state index in [9.17, 15) is 0 Å². The standard InChI is InChI=1S/C12H13NS/c1-2-6-11-9-14-12(13-11)10-7-4-3-5-8-10/h3-5,7-9H,2,6H2,1H3. The van der Waals surface area contributed by atoms with E-state index < -0.39 is 0 Å². The Morgan fingerprint density at radius 1 is 1.21 bits per heavy atom. The fourth-order valence-corrected chi connectivity index (χ4v) is 2.25. The number of nitrogens with zero attached hydrogens (tertiary/aromatic N) is 1. The summed E-state index contributed by atoms with van der Waals surface area (Å²) in [6.45, 7) is 2.18. The predicted octanol–water partition coefficient (Wildman–Crippen LogP) is 3.76. The zero-order valence-electron chi connectivity index (χ0n) is 8.23. The minimum Gasteiger partial charge on any atom is -0.241 e. The van der Waals surface area contributed by atoms with Crippen molar-refractivity contribution in [2.45, 2.75) is 19.8 Å². The van der Waals surface area contributed by atoms with Gasteiger partial charge in [0, 0.05) is 10.9 Å². The number of benzene rings is 1. The molecule has 0 radical (unpaired) electrons. The van der Waals surface area contributed by atoms with Crippen LogP contribution in [0.2, 0.25) is 0 Å². The maximum absolute atomic E-state index is 4.59. The Hall–Kier alpha value is -1.15. The van der Waals surface area contributed by atoms with Crippen LogP contribution in [0.1, 0.15) is 19.0 Å². The molecule has 0 bridgehead atoms. The highest BCUT2D eigenvalue weighted by molar-refractivity contribution is 7.13. The summed E-state index contributed by atoms with van der Waals surface area (Å²) >= 11 is 1.73. The van der Waals surface area contributed by atoms with Gasteiger partial charge in [-0.3, -0.25) is 0 Å². The summed E-state index contributed by atoms with van der Waals surface area (Å²) in [6.07, 6.45) is 2.25. The molecule has 0 saturated heterocycles. The molecule has 0 unspecified atom stereocenters. The number of hydrogen-bond acceptors (Lipinski definition) is 2. The molecule has 2 heteroatoms. The van der Waals surface area contributed by atoms with Crippen LogP contribution >= 0.6 is 11.3 Å². The summed E-state index contributed by atoms with van der Waals surface area (Å²) in [5.41, 5.74) is 2.44. The minimum atomic E-state index is 1.09. The molecule has 0 spiro atoms. The first-order chi connectivity index (χ1) is 6.90. The topological polar surface area (TPSA) is 12.9 Å². The van der Waals surface area contributed by atoms with E-state index in [-0.39, 0.29) is 0 Å². The highest BCUT2D eigenvalue weighted by Gasteiger charge is 2.02. The Morgan fingerprint density at radius 3 is 2.71 bits per heavy atom. The number of rotatable bonds is 3. The van der Waals surface area contributed by atoms with Crippen molar-refractivity contribution in [3.63, 3.8) is 0 Å². The van der Waals surface area contributed by atoms with E-state index in [1.807, 2.05) is 6.07 Å². The van der Waals surface area contributed by atoms with E-state index in [1.165, 1.54) is 11.3 Å². The Bertz CT molecular complexity index is 392. The summed E-state index contributed by atoms with van der Waals surface area (Å²) in [4.78, 5) is 4.59. The van der Waals surface area contributed by atoms with Gasteiger partial charge < -0.3 is 0 Å². The predicted molar refractivity (Wildman–Crippen MR) is 61.5 cm³/mol. The van der Waals surface area contributed by atoms with Gasteiger partial charge in [-0.05, 0) is 6.42 Å². The van der Waals surface area contributed by atoms with Crippen molar-refractivity contribution in [3.8, 4) is 10.6 Å². The third kappa shape index (κ3) is 2.02. The first kappa shape index (κ1) is 9.41. The molecule has 1 aromatic heterocycles. The summed E-state index contributed by atoms with van der Waals surface area (Å²) in [5, 5.41) is 3.29. The molecule has 14 heavy (non-hydrogen) atoms. The van der Waals surface area contributed by atoms with Crippen molar-refractivity contribution in [3.05, 3.63) is 41.4 Å². The zero-order chi connectivity index (χ0) is 9.80. The summed E-state index contributed by atoms with van der Waals surface area (Å²) < 4.78 is 0. The van der Waals surface area contributed by atoms with Crippen LogP contribution in [0, 0.1) is 0 Å². The molecule has 0 aliphatic carbocycles. The lowest BCUT2D eigenvalue weighted by atomic mass is 10.2. The van der Waals surface area contributed by atoms with Crippen molar-refractivity contribution in [2.75, 3.05) is 0 Å². The number of aryl methyl sites for hydroxylation is 1. The van der Waals surface area contributed by atoms with Crippen molar-refractivity contribution < 1.29 is 0 Å². The minimum absolute atomic E-state index is 1.09. The lowest BCUT2D eigenvalue weighted by molar-refractivity contribution is 0.894. The fraction of sp³-hybridized carbons (Fsp3) is 0.250. The molecule has 72 valence electrons. The number of aromatic nitrogens is 1. The number of hydrogen-bond donors (Lipinski definition) is 0. The summed E-state index contributed by atoms with van der Waals surface area (Å²) in [6, 6.07) is 10.3. The van der Waals surface area contributed by atoms with Crippen LogP contribution in [0.5, 0.6) is 0 Å². The maximum atomic E-state index is 4.59. The maximum Gasteiger partial charge on any atom is 0.123 e. The molecule has 0 aliphatic heterocycles. The molecule has 0 aliphatic rings. The Kier molecular flexibility index (Phi) is 2.94. The first-order valence-electron chi connectivity index (χ1n) is 4.90. The third-order valence-electron chi connectivity index (χ3n) is 2.08. The van der Waals surface area contributed by atoms with Crippen LogP contribution in [-0.2, 0) is 6.42 Å². The first-order valence-corrected chi connectivity index (χ1v) is 5.78. The average Bonchev–Trinajstić information content (AvgIpc) is 2.68. The molecule has 0 N–H and O–H groups in total. The number of thiazole rings is 1. The van der Waals surface area contributed by atoms with E-state index in [0.717, 1.165) is 17.8 Å². The van der Waals surface area contributed by atoms with Crippen molar-refractivity contribution >= 4 is 11.3 Å². The normalized spacial score (nSPS) is 10.4. The van der Waals surface area contributed by atoms with E-state index in [1.54, 1.807) is 11.3 Å². The van der Waals surface area contributed by atoms with E-state index in [2.05, 4.69) is 41.6 Å². The Labute approximate surface area is 88.4 Å². The van der Waals surface area contributed by atoms with E-state index in [4.69, 9.17) is 0 Å². The largest absolute Gasteiger partial charge is 0.241 e. The molecule has 0 fully saturated rings. The molecule has 1 aromatic carbocycles. The highest BCUT2D eigenvalue weighted by atomic mass is 32.1. The molecular formula is C12H13NS. The van der Waals surface area contributed by atoms with E-state index in [0.29, 0.717) is 0 Å². The monoisotopic (exact) mass is 203 g/mol. The van der Waals surface area contributed by atoms with Gasteiger partial charge in [-0.15, -0.1) is 11.3 Å². The van der Waals surface area contributed by atoms with Crippen LogP contribution in [-0.4, -0.2) is 4.98 Å². The molecule has 0 atom stereocenters. The van der Waals surface area contributed by atoms with Gasteiger partial charge in [-0.1, -0.05) is 43.7 Å². The smallest absolute Gasteiger partial charge is 0.123 e. The molecular weight excluding hydrogens is 190 g/mol. The molecule has 0 saturated carbocycles. The third-order valence-corrected chi connectivity index (χ3v) is 3.02. The van der Waals surface area contributed by atoms with Crippen LogP contribution in [0.3, 0.4) is 0 Å². The molecule has 0 amide bonds. The van der Waals surface area contributed by atoms with Crippen LogP contribution in [0.15, 0.2) is 35.7 Å². The lowest BCUT2D eigenvalue weighted by Crippen LogP contribution is -1.82. The van der Waals surface area contributed by atoms with E-state index >= 15 is 0 Å². The van der Waals surface area contributed by atoms with Crippen molar-refractivity contribution in [1.82, 2.24) is 4.98 Å². The second-order valence-corrected chi connectivity index (χ2v) is 4.12. The molecule has 1 nitrogen and oxygen atoms in total. The van der Waals surface area contributed by atoms with Crippen LogP contribution in [0.25, 0.3) is 10.6 Å². The van der Waals surface area contributed by atoms with Gasteiger partial charge in [0.15, 0.2) is 0 Å². The average molecular weight is 203 g/mol. The fourth-order valence-electron chi connectivity index (χ4n) is 1.39. The SMILES string of the molecule is CCCc1csc(-c2ccccc2)n1. The van der Waals surface area contributed by atoms with Gasteiger partial charge in [-0.25, -0.2) is 4.98 Å².